The molecule has 1 aliphatic rings. The van der Waals surface area contributed by atoms with E-state index in [-0.39, 0.29) is 24.3 Å². The Balaban J connectivity index is 1.72. The summed E-state index contributed by atoms with van der Waals surface area (Å²) in [6.07, 6.45) is 1.65. The summed E-state index contributed by atoms with van der Waals surface area (Å²) in [5.41, 5.74) is 2.10. The van der Waals surface area contributed by atoms with Crippen LogP contribution in [-0.2, 0) is 11.2 Å². The number of ether oxygens (including phenoxy) is 2. The minimum atomic E-state index is -0.921. The number of amides is 2. The SMILES string of the molecule is COc1c(Nc2ccc(CC(=O)N(C)C)nc2C)ncnc1OC1CCN(C(=O)O)CC1. The first kappa shape index (κ1) is 23.0. The fourth-order valence-corrected chi connectivity index (χ4v) is 3.32. The number of likely N-dealkylation sites (N-methyl/N-ethyl adjacent to an activating group) is 1. The van der Waals surface area contributed by atoms with E-state index in [4.69, 9.17) is 14.6 Å². The number of anilines is 2. The van der Waals surface area contributed by atoms with Crippen LogP contribution < -0.4 is 14.8 Å². The molecule has 1 fully saturated rings. The highest BCUT2D eigenvalue weighted by atomic mass is 16.5. The summed E-state index contributed by atoms with van der Waals surface area (Å²) in [5, 5.41) is 12.3. The fraction of sp³-hybridized carbons (Fsp3) is 0.476. The van der Waals surface area contributed by atoms with E-state index in [0.29, 0.717) is 54.6 Å². The summed E-state index contributed by atoms with van der Waals surface area (Å²) in [7, 11) is 4.92. The zero-order chi connectivity index (χ0) is 23.3. The van der Waals surface area contributed by atoms with Gasteiger partial charge < -0.3 is 29.7 Å². The third kappa shape index (κ3) is 5.54. The lowest BCUT2D eigenvalue weighted by atomic mass is 10.1. The number of nitrogens with zero attached hydrogens (tertiary/aromatic N) is 5. The molecule has 1 saturated heterocycles. The van der Waals surface area contributed by atoms with E-state index < -0.39 is 6.09 Å². The van der Waals surface area contributed by atoms with Gasteiger partial charge in [-0.15, -0.1) is 0 Å². The van der Waals surface area contributed by atoms with E-state index in [1.54, 1.807) is 20.2 Å². The standard InChI is InChI=1S/C21H28N6O5/c1-13-16(6-5-14(24-13)11-17(28)26(2)3)25-19-18(31-4)20(23-12-22-19)32-15-7-9-27(10-8-15)21(29)30/h5-6,12,15H,7-11H2,1-4H3,(H,29,30)(H,22,23,25). The monoisotopic (exact) mass is 444 g/mol. The molecule has 11 heteroatoms. The van der Waals surface area contributed by atoms with Gasteiger partial charge in [0.2, 0.25) is 11.7 Å². The van der Waals surface area contributed by atoms with Gasteiger partial charge in [0.15, 0.2) is 5.82 Å². The summed E-state index contributed by atoms with van der Waals surface area (Å²) in [6.45, 7) is 2.66. The van der Waals surface area contributed by atoms with Crippen molar-refractivity contribution in [3.8, 4) is 11.6 Å². The van der Waals surface area contributed by atoms with Crippen molar-refractivity contribution in [2.45, 2.75) is 32.3 Å². The van der Waals surface area contributed by atoms with Crippen molar-refractivity contribution < 1.29 is 24.2 Å². The Labute approximate surface area is 186 Å². The van der Waals surface area contributed by atoms with Crippen molar-refractivity contribution in [2.24, 2.45) is 0 Å². The maximum Gasteiger partial charge on any atom is 0.407 e. The molecule has 0 aromatic carbocycles. The van der Waals surface area contributed by atoms with Crippen LogP contribution in [0.2, 0.25) is 0 Å². The van der Waals surface area contributed by atoms with Crippen molar-refractivity contribution in [1.82, 2.24) is 24.8 Å². The van der Waals surface area contributed by atoms with Crippen molar-refractivity contribution in [3.63, 3.8) is 0 Å². The minimum Gasteiger partial charge on any atom is -0.489 e. The van der Waals surface area contributed by atoms with Crippen molar-refractivity contribution in [2.75, 3.05) is 39.6 Å². The summed E-state index contributed by atoms with van der Waals surface area (Å²) in [4.78, 5) is 38.9. The van der Waals surface area contributed by atoms with E-state index in [9.17, 15) is 9.59 Å². The van der Waals surface area contributed by atoms with E-state index in [1.807, 2.05) is 13.0 Å². The molecular formula is C21H28N6O5. The number of aryl methyl sites for hydroxylation is 1. The lowest BCUT2D eigenvalue weighted by molar-refractivity contribution is -0.128. The third-order valence-electron chi connectivity index (χ3n) is 5.19. The molecule has 2 amide bonds. The Bertz CT molecular complexity index is 975. The largest absolute Gasteiger partial charge is 0.489 e. The van der Waals surface area contributed by atoms with E-state index in [1.165, 1.54) is 23.2 Å². The Hall–Kier alpha value is -3.63. The van der Waals surface area contributed by atoms with Crippen LogP contribution in [0.25, 0.3) is 0 Å². The quantitative estimate of drug-likeness (QED) is 0.659. The zero-order valence-electron chi connectivity index (χ0n) is 18.7. The number of likely N-dealkylation sites (tertiary alicyclic amines) is 1. The van der Waals surface area contributed by atoms with Gasteiger partial charge in [-0.05, 0) is 19.1 Å². The van der Waals surface area contributed by atoms with E-state index >= 15 is 0 Å². The lowest BCUT2D eigenvalue weighted by Crippen LogP contribution is -2.41. The van der Waals surface area contributed by atoms with Crippen molar-refractivity contribution in [3.05, 3.63) is 29.8 Å². The minimum absolute atomic E-state index is 0.0222. The van der Waals surface area contributed by atoms with Gasteiger partial charge in [0, 0.05) is 40.0 Å². The maximum atomic E-state index is 11.9. The van der Waals surface area contributed by atoms with Gasteiger partial charge in [0.05, 0.1) is 30.6 Å². The van der Waals surface area contributed by atoms with Crippen LogP contribution in [0.3, 0.4) is 0 Å². The maximum absolute atomic E-state index is 11.9. The summed E-state index contributed by atoms with van der Waals surface area (Å²) >= 11 is 0. The Kier molecular flexibility index (Phi) is 7.29. The van der Waals surface area contributed by atoms with Crippen LogP contribution in [-0.4, -0.2) is 82.3 Å². The first-order chi connectivity index (χ1) is 15.3. The van der Waals surface area contributed by atoms with Gasteiger partial charge in [-0.2, -0.15) is 4.98 Å². The van der Waals surface area contributed by atoms with E-state index in [2.05, 4.69) is 20.3 Å². The second-order valence-electron chi connectivity index (χ2n) is 7.67. The first-order valence-electron chi connectivity index (χ1n) is 10.3. The van der Waals surface area contributed by atoms with Crippen LogP contribution >= 0.6 is 0 Å². The smallest absolute Gasteiger partial charge is 0.407 e. The summed E-state index contributed by atoms with van der Waals surface area (Å²) in [6, 6.07) is 3.63. The average molecular weight is 444 g/mol. The van der Waals surface area contributed by atoms with Gasteiger partial charge in [-0.3, -0.25) is 9.78 Å². The molecule has 0 atom stereocenters. The van der Waals surface area contributed by atoms with Crippen LogP contribution in [0, 0.1) is 6.92 Å². The summed E-state index contributed by atoms with van der Waals surface area (Å²) in [5.74, 6) is 1.03. The van der Waals surface area contributed by atoms with Crippen molar-refractivity contribution in [1.29, 1.82) is 0 Å². The number of rotatable bonds is 7. The first-order valence-corrected chi connectivity index (χ1v) is 10.3. The van der Waals surface area contributed by atoms with Gasteiger partial charge >= 0.3 is 6.09 Å². The molecule has 3 heterocycles. The second-order valence-corrected chi connectivity index (χ2v) is 7.67. The lowest BCUT2D eigenvalue weighted by Gasteiger charge is -2.30. The summed E-state index contributed by atoms with van der Waals surface area (Å²) < 4.78 is 11.5. The Morgan fingerprint density at radius 2 is 1.97 bits per heavy atom. The number of hydrogen-bond donors (Lipinski definition) is 2. The number of nitrogens with one attached hydrogen (secondary N) is 1. The van der Waals surface area contributed by atoms with Crippen LogP contribution in [0.1, 0.15) is 24.2 Å². The number of carboxylic acid groups (broad SMARTS) is 1. The molecule has 1 aliphatic heterocycles. The number of piperidine rings is 1. The van der Waals surface area contributed by atoms with Gasteiger partial charge in [-0.1, -0.05) is 0 Å². The highest BCUT2D eigenvalue weighted by Gasteiger charge is 2.25. The normalized spacial score (nSPS) is 14.1. The number of carbonyl (C=O) groups excluding carboxylic acids is 1. The molecule has 3 rings (SSSR count). The van der Waals surface area contributed by atoms with Crippen LogP contribution in [0.15, 0.2) is 18.5 Å². The molecule has 0 spiro atoms. The van der Waals surface area contributed by atoms with Gasteiger partial charge in [0.1, 0.15) is 12.4 Å². The molecular weight excluding hydrogens is 416 g/mol. The highest BCUT2D eigenvalue weighted by Crippen LogP contribution is 2.35. The molecule has 32 heavy (non-hydrogen) atoms. The molecule has 11 nitrogen and oxygen atoms in total. The average Bonchev–Trinajstić information content (AvgIpc) is 2.76. The predicted molar refractivity (Wildman–Crippen MR) is 116 cm³/mol. The molecule has 2 aromatic rings. The molecule has 172 valence electrons. The number of hydrogen-bond acceptors (Lipinski definition) is 8. The number of methoxy groups -OCH3 is 1. The number of carbonyl (C=O) groups is 2. The second kappa shape index (κ2) is 10.1. The zero-order valence-corrected chi connectivity index (χ0v) is 18.7. The van der Waals surface area contributed by atoms with Crippen LogP contribution in [0.5, 0.6) is 11.6 Å². The fourth-order valence-electron chi connectivity index (χ4n) is 3.32. The molecule has 0 radical (unpaired) electrons. The van der Waals surface area contributed by atoms with E-state index in [0.717, 1.165) is 0 Å². The van der Waals surface area contributed by atoms with Crippen molar-refractivity contribution >= 4 is 23.5 Å². The number of pyridine rings is 1. The molecule has 2 N–H and O–H groups in total. The predicted octanol–water partition coefficient (Wildman–Crippen LogP) is 2.08. The topological polar surface area (TPSA) is 130 Å². The third-order valence-corrected chi connectivity index (χ3v) is 5.19. The van der Waals surface area contributed by atoms with Gasteiger partial charge in [-0.25, -0.2) is 9.78 Å². The molecule has 0 bridgehead atoms. The van der Waals surface area contributed by atoms with Crippen LogP contribution in [0.4, 0.5) is 16.3 Å². The number of aromatic nitrogens is 3. The molecule has 0 aliphatic carbocycles. The molecule has 0 unspecified atom stereocenters. The molecule has 2 aromatic heterocycles. The Morgan fingerprint density at radius 3 is 2.56 bits per heavy atom. The highest BCUT2D eigenvalue weighted by molar-refractivity contribution is 5.78. The Morgan fingerprint density at radius 1 is 1.25 bits per heavy atom. The molecule has 0 saturated carbocycles. The van der Waals surface area contributed by atoms with Gasteiger partial charge in [0.25, 0.3) is 5.88 Å².